The lowest BCUT2D eigenvalue weighted by Crippen LogP contribution is -2.46. The summed E-state index contributed by atoms with van der Waals surface area (Å²) in [5.74, 6) is 0.169. The van der Waals surface area contributed by atoms with Crippen molar-refractivity contribution in [3.05, 3.63) is 65.9 Å². The molecule has 0 aliphatic carbocycles. The van der Waals surface area contributed by atoms with Gasteiger partial charge in [-0.1, -0.05) is 0 Å². The number of carbonyl (C=O) groups excluding carboxylic acids is 2. The number of nitrogens with one attached hydrogen (secondary N) is 1. The maximum absolute atomic E-state index is 13.1. The molecule has 4 aromatic rings. The third-order valence-electron chi connectivity index (χ3n) is 7.99. The minimum Gasteiger partial charge on any atom is -0.496 e. The number of hydrogen-bond donors (Lipinski definition) is 2. The largest absolute Gasteiger partial charge is 0.496 e. The second-order valence-electron chi connectivity index (χ2n) is 11.1. The zero-order valence-corrected chi connectivity index (χ0v) is 23.5. The van der Waals surface area contributed by atoms with Crippen LogP contribution in [0.15, 0.2) is 48.9 Å². The van der Waals surface area contributed by atoms with Gasteiger partial charge in [0, 0.05) is 42.2 Å². The molecule has 2 fully saturated rings. The van der Waals surface area contributed by atoms with Crippen molar-refractivity contribution in [2.75, 3.05) is 24.7 Å². The summed E-state index contributed by atoms with van der Waals surface area (Å²) in [6.07, 6.45) is 0.878. The molecule has 3 N–H and O–H groups in total. The molecule has 0 saturated carbocycles. The van der Waals surface area contributed by atoms with E-state index in [1.54, 1.807) is 23.4 Å². The van der Waals surface area contributed by atoms with E-state index >= 15 is 0 Å². The highest BCUT2D eigenvalue weighted by Crippen LogP contribution is 2.42. The predicted molar refractivity (Wildman–Crippen MR) is 150 cm³/mol. The van der Waals surface area contributed by atoms with Gasteiger partial charge in [0.05, 0.1) is 18.7 Å². The van der Waals surface area contributed by atoms with Crippen molar-refractivity contribution >= 4 is 29.2 Å². The number of pyridine rings is 1. The first-order chi connectivity index (χ1) is 20.4. The fourth-order valence-corrected chi connectivity index (χ4v) is 5.91. The molecule has 43 heavy (non-hydrogen) atoms. The number of amides is 2. The molecule has 0 bridgehead atoms. The Morgan fingerprint density at radius 2 is 1.95 bits per heavy atom. The molecule has 5 heterocycles. The number of piperidine rings is 1. The molecule has 6 rings (SSSR count). The van der Waals surface area contributed by atoms with Crippen LogP contribution in [0.4, 0.5) is 29.6 Å². The van der Waals surface area contributed by atoms with Crippen LogP contribution in [0.5, 0.6) is 5.75 Å². The molecular weight excluding hydrogens is 567 g/mol. The number of ether oxygens (including phenoxy) is 2. The summed E-state index contributed by atoms with van der Waals surface area (Å²) in [6.45, 7) is 4.25. The van der Waals surface area contributed by atoms with Crippen LogP contribution in [-0.2, 0) is 10.9 Å². The second-order valence-corrected chi connectivity index (χ2v) is 11.1. The molecule has 2 amide bonds. The van der Waals surface area contributed by atoms with E-state index in [-0.39, 0.29) is 41.0 Å². The summed E-state index contributed by atoms with van der Waals surface area (Å²) >= 11 is 0. The lowest BCUT2D eigenvalue weighted by atomic mass is 9.86. The van der Waals surface area contributed by atoms with Gasteiger partial charge in [-0.3, -0.25) is 9.20 Å². The molecule has 0 radical (unpaired) electrons. The van der Waals surface area contributed by atoms with Crippen molar-refractivity contribution in [2.45, 2.75) is 50.4 Å². The van der Waals surface area contributed by atoms with E-state index < -0.39 is 23.2 Å². The smallest absolute Gasteiger partial charge is 0.416 e. The van der Waals surface area contributed by atoms with Crippen LogP contribution in [0.1, 0.15) is 54.4 Å². The van der Waals surface area contributed by atoms with Crippen LogP contribution in [0.2, 0.25) is 0 Å². The highest BCUT2D eigenvalue weighted by Gasteiger charge is 2.50. The van der Waals surface area contributed by atoms with E-state index in [2.05, 4.69) is 15.3 Å². The number of nitrogens with zero attached hydrogens (tertiary/aromatic N) is 5. The van der Waals surface area contributed by atoms with Crippen molar-refractivity contribution in [1.82, 2.24) is 24.3 Å². The Hall–Kier alpha value is -4.88. The molecule has 2 aliphatic heterocycles. The van der Waals surface area contributed by atoms with Gasteiger partial charge in [0.25, 0.3) is 5.91 Å². The summed E-state index contributed by atoms with van der Waals surface area (Å²) in [6, 6.07) is 6.14. The molecular formula is C29H28F3N7O4. The van der Waals surface area contributed by atoms with E-state index in [0.717, 1.165) is 31.2 Å². The van der Waals surface area contributed by atoms with Gasteiger partial charge in [-0.25, -0.2) is 19.7 Å². The molecule has 0 spiro atoms. The molecule has 2 saturated heterocycles. The topological polar surface area (TPSA) is 137 Å². The van der Waals surface area contributed by atoms with Crippen LogP contribution >= 0.6 is 0 Å². The quantitative estimate of drug-likeness (QED) is 0.324. The highest BCUT2D eigenvalue weighted by molar-refractivity contribution is 6.04. The second kappa shape index (κ2) is 10.1. The van der Waals surface area contributed by atoms with Gasteiger partial charge < -0.3 is 25.4 Å². The number of anilines is 2. The third kappa shape index (κ3) is 4.96. The Kier molecular flexibility index (Phi) is 6.66. The summed E-state index contributed by atoms with van der Waals surface area (Å²) in [5.41, 5.74) is 6.48. The van der Waals surface area contributed by atoms with Crippen LogP contribution in [0.25, 0.3) is 16.8 Å². The maximum atomic E-state index is 13.1. The van der Waals surface area contributed by atoms with Crippen LogP contribution in [0.3, 0.4) is 0 Å². The number of aromatic nitrogens is 4. The van der Waals surface area contributed by atoms with Gasteiger partial charge in [-0.15, -0.1) is 0 Å². The molecule has 11 nitrogen and oxygen atoms in total. The normalized spacial score (nSPS) is 19.7. The van der Waals surface area contributed by atoms with Gasteiger partial charge in [-0.2, -0.15) is 13.2 Å². The van der Waals surface area contributed by atoms with Gasteiger partial charge in [-0.05, 0) is 57.0 Å². The van der Waals surface area contributed by atoms with E-state index in [1.165, 1.54) is 19.2 Å². The van der Waals surface area contributed by atoms with Crippen LogP contribution in [0, 0.1) is 0 Å². The van der Waals surface area contributed by atoms with E-state index in [0.29, 0.717) is 29.1 Å². The Balaban J connectivity index is 1.34. The minimum absolute atomic E-state index is 0.0291. The lowest BCUT2D eigenvalue weighted by molar-refractivity contribution is -0.137. The average molecular weight is 596 g/mol. The Labute approximate surface area is 243 Å². The maximum Gasteiger partial charge on any atom is 0.416 e. The molecule has 224 valence electrons. The first kappa shape index (κ1) is 28.2. The summed E-state index contributed by atoms with van der Waals surface area (Å²) in [5, 5.41) is 2.40. The summed E-state index contributed by atoms with van der Waals surface area (Å²) in [7, 11) is 1.43. The van der Waals surface area contributed by atoms with Crippen LogP contribution < -0.4 is 15.8 Å². The molecule has 2 atom stereocenters. The first-order valence-corrected chi connectivity index (χ1v) is 13.5. The monoisotopic (exact) mass is 595 g/mol. The minimum atomic E-state index is -4.58. The van der Waals surface area contributed by atoms with Gasteiger partial charge in [0.15, 0.2) is 0 Å². The van der Waals surface area contributed by atoms with Gasteiger partial charge >= 0.3 is 12.3 Å². The number of nitrogen functional groups attached to an aromatic ring is 1. The number of carbonyl (C=O) groups is 2. The number of nitrogens with two attached hydrogens (primary N) is 1. The lowest BCUT2D eigenvalue weighted by Gasteiger charge is -2.36. The SMILES string of the molecule is COc1cc(C(=O)Nc2cc(C(F)(F)F)ccn2)ccc1-c1nc(C2CCC3N(C2)C(=O)OC3(C)C)n2ccnc(N)c12. The van der Waals surface area contributed by atoms with Crippen molar-refractivity contribution in [3.63, 3.8) is 0 Å². The number of halogens is 3. The van der Waals surface area contributed by atoms with Crippen LogP contribution in [-0.4, -0.2) is 61.6 Å². The van der Waals surface area contributed by atoms with Crippen molar-refractivity contribution in [2.24, 2.45) is 0 Å². The summed E-state index contributed by atoms with van der Waals surface area (Å²) in [4.78, 5) is 40.4. The Morgan fingerprint density at radius 3 is 2.70 bits per heavy atom. The summed E-state index contributed by atoms with van der Waals surface area (Å²) < 4.78 is 52.4. The van der Waals surface area contributed by atoms with Crippen molar-refractivity contribution < 1.29 is 32.2 Å². The molecule has 2 aliphatic rings. The van der Waals surface area contributed by atoms with E-state index in [4.69, 9.17) is 20.2 Å². The number of hydrogen-bond acceptors (Lipinski definition) is 8. The van der Waals surface area contributed by atoms with E-state index in [9.17, 15) is 22.8 Å². The average Bonchev–Trinajstić information content (AvgIpc) is 3.47. The first-order valence-electron chi connectivity index (χ1n) is 13.5. The van der Waals surface area contributed by atoms with Gasteiger partial charge in [0.2, 0.25) is 0 Å². The zero-order chi connectivity index (χ0) is 30.7. The number of cyclic esters (lactones) is 1. The fraction of sp³-hybridized carbons (Fsp3) is 0.345. The molecule has 3 aromatic heterocycles. The number of imidazole rings is 1. The molecule has 2 unspecified atom stereocenters. The Morgan fingerprint density at radius 1 is 1.16 bits per heavy atom. The molecule has 14 heteroatoms. The van der Waals surface area contributed by atoms with Crippen molar-refractivity contribution in [3.8, 4) is 17.0 Å². The highest BCUT2D eigenvalue weighted by atomic mass is 19.4. The standard InChI is InChI=1S/C29H28F3N7O4/c1-28(2)20-7-5-16(14-39(20)27(41)43-28)25-37-22(23-24(33)35-10-11-38(23)25)18-6-4-15(12-19(18)42-3)26(40)36-21-13-17(8-9-34-21)29(30,31)32/h4,6,8-13,16,20H,5,7,14H2,1-3H3,(H2,33,35)(H,34,36,40). The third-order valence-corrected chi connectivity index (χ3v) is 7.99. The number of rotatable bonds is 5. The molecule has 1 aromatic carbocycles. The van der Waals surface area contributed by atoms with Crippen molar-refractivity contribution in [1.29, 1.82) is 0 Å². The fourth-order valence-electron chi connectivity index (χ4n) is 5.91. The zero-order valence-electron chi connectivity index (χ0n) is 23.5. The number of methoxy groups -OCH3 is 1. The van der Waals surface area contributed by atoms with E-state index in [1.807, 2.05) is 18.2 Å². The predicted octanol–water partition coefficient (Wildman–Crippen LogP) is 5.13. The Bertz CT molecular complexity index is 1750. The number of fused-ring (bicyclic) bond motifs is 2. The number of benzene rings is 1. The number of alkyl halides is 3. The van der Waals surface area contributed by atoms with Gasteiger partial charge in [0.1, 0.15) is 40.0 Å².